The number of esters is 3. The van der Waals surface area contributed by atoms with E-state index in [4.69, 9.17) is 102 Å². The average molecular weight is 1780 g/mol. The average Bonchev–Trinajstić information content (AvgIpc) is 1.45. The second kappa shape index (κ2) is 49.2. The van der Waals surface area contributed by atoms with E-state index in [-0.39, 0.29) is 104 Å². The molecule has 3 fully saturated rings. The van der Waals surface area contributed by atoms with Crippen LogP contribution >= 0.6 is 0 Å². The highest BCUT2D eigenvalue weighted by Gasteiger charge is 2.40. The third-order valence-electron chi connectivity index (χ3n) is 18.1. The molecule has 47 nitrogen and oxygen atoms in total. The molecular formula is C73H95N15O32Si3. The number of ether oxygens (including phenoxy) is 5. The summed E-state index contributed by atoms with van der Waals surface area (Å²) in [6, 6.07) is 6.39. The summed E-state index contributed by atoms with van der Waals surface area (Å²) < 4.78 is 85.2. The van der Waals surface area contributed by atoms with Crippen molar-refractivity contribution in [2.45, 2.75) is 141 Å². The SMILES string of the molecule is C#CCn1c(=O)n(CC#C)c(=O)n(CC#C)c1=O.C#Cn1c(=O)n(C#C)c(=O)n(C#C)c1=O.C=CC(=O)OCCn1c(=O)n(CCOC(=O)C=C)c(=O)n(CCOC(=O)C=C)c1=O.CO[Si](CCCn1c(=O)n(CCC[Si](OC)(OC)OC)c(=O)n(CCC[Si](OC)(OC)OC)c1=O)(OC)OC.O=c1n(CC2CC2)c(=O)n(CC2CO2)c(=O)n1CC1CO1. The lowest BCUT2D eigenvalue weighted by atomic mass is 10.4. The minimum Gasteiger partial charge on any atom is -0.461 e. The molecule has 0 spiro atoms. The molecule has 3 aliphatic rings. The van der Waals surface area contributed by atoms with E-state index in [9.17, 15) is 86.3 Å². The maximum absolute atomic E-state index is 13.4. The minimum absolute atomic E-state index is 0.0442. The van der Waals surface area contributed by atoms with Crippen LogP contribution in [0.4, 0.5) is 0 Å². The van der Waals surface area contributed by atoms with Gasteiger partial charge in [-0.1, -0.05) is 56.8 Å². The van der Waals surface area contributed by atoms with Crippen LogP contribution in [0.2, 0.25) is 18.1 Å². The Labute approximate surface area is 701 Å². The molecule has 0 amide bonds. The zero-order chi connectivity index (χ0) is 92.2. The predicted octanol–water partition coefficient (Wildman–Crippen LogP) is -7.73. The Kier molecular flexibility index (Phi) is 41.1. The Bertz CT molecular complexity index is 5170. The van der Waals surface area contributed by atoms with Crippen molar-refractivity contribution in [3.8, 4) is 74.4 Å². The lowest BCUT2D eigenvalue weighted by Gasteiger charge is -2.25. The first-order valence-corrected chi connectivity index (χ1v) is 42.5. The number of hydrogen-bond donors (Lipinski definition) is 0. The first-order valence-electron chi connectivity index (χ1n) is 36.7. The lowest BCUT2D eigenvalue weighted by Crippen LogP contribution is -2.55. The van der Waals surface area contributed by atoms with Gasteiger partial charge in [0.15, 0.2) is 0 Å². The van der Waals surface area contributed by atoms with Crippen LogP contribution in [0.5, 0.6) is 0 Å². The highest BCUT2D eigenvalue weighted by Crippen LogP contribution is 2.29. The van der Waals surface area contributed by atoms with Gasteiger partial charge >= 0.3 is 130 Å². The molecule has 123 heavy (non-hydrogen) atoms. The van der Waals surface area contributed by atoms with E-state index in [1.165, 1.54) is 68.6 Å². The molecule has 2 saturated heterocycles. The van der Waals surface area contributed by atoms with Gasteiger partial charge in [-0.15, -0.1) is 19.3 Å². The Morgan fingerprint density at radius 3 is 0.724 bits per heavy atom. The van der Waals surface area contributed by atoms with Gasteiger partial charge in [0.2, 0.25) is 0 Å². The summed E-state index contributed by atoms with van der Waals surface area (Å²) in [6.07, 6.45) is 35.5. The molecule has 0 aromatic carbocycles. The van der Waals surface area contributed by atoms with Crippen LogP contribution in [0.25, 0.3) is 0 Å². The lowest BCUT2D eigenvalue weighted by molar-refractivity contribution is -0.138. The number of carbonyl (C=O) groups excluding carboxylic acids is 3. The monoisotopic (exact) mass is 1780 g/mol. The van der Waals surface area contributed by atoms with Crippen molar-refractivity contribution in [3.63, 3.8) is 0 Å². The number of epoxide rings is 2. The first-order chi connectivity index (χ1) is 58.6. The Morgan fingerprint density at radius 1 is 0.333 bits per heavy atom. The Morgan fingerprint density at radius 2 is 0.537 bits per heavy atom. The van der Waals surface area contributed by atoms with Crippen molar-refractivity contribution in [3.05, 3.63) is 195 Å². The van der Waals surface area contributed by atoms with E-state index in [0.29, 0.717) is 90.5 Å². The molecule has 0 bridgehead atoms. The molecule has 0 N–H and O–H groups in total. The number of aromatic nitrogens is 15. The van der Waals surface area contributed by atoms with Crippen LogP contribution in [0.1, 0.15) is 32.1 Å². The van der Waals surface area contributed by atoms with Crippen LogP contribution in [0.15, 0.2) is 110 Å². The molecular weight excluding hydrogens is 1680 g/mol. The molecule has 8 rings (SSSR count). The molecule has 7 heterocycles. The molecule has 1 aliphatic carbocycles. The summed E-state index contributed by atoms with van der Waals surface area (Å²) in [4.78, 5) is 218. The standard InChI is InChI=1S/C21H45N3O12Si3.C18H21N3O9.C13H17N3O5.C12H9N3O3.C9H3N3O3/c1-28-37(29-2,30-3)16-10-13-22-19(25)23(14-11-17-38(31-4,32-5)33-6)21(27)24(20(22)26)15-12-18-39(34-7,35-8)36-9;1-4-13(22)28-10-7-19-16(25)20(8-11-29-14(23)5-2)18(27)21(17(19)26)9-12-30-15(24)6-3;17-11-14(3-8-1-2-8)12(18)16(5-10-7-21-10)13(19)15(11)4-9-6-20-9;1-4-7-13-10(16)14(8-5-2)12(18)15(9-6-3)11(13)17;1-4-10-7(13)11(5-2)9(15)12(6-3)8(10)14/h10-18H2,1-9H3;4-6H,1-3,7-12H2;8-10H,1-7H2;1-3H,7-9H2;1-3H. The van der Waals surface area contributed by atoms with E-state index in [1.54, 1.807) is 18.1 Å². The second-order valence-electron chi connectivity index (χ2n) is 25.4. The van der Waals surface area contributed by atoms with Gasteiger partial charge in [0.05, 0.1) is 77.8 Å². The molecule has 5 aromatic rings. The molecule has 0 radical (unpaired) electrons. The van der Waals surface area contributed by atoms with Crippen LogP contribution in [-0.4, -0.2) is 222 Å². The van der Waals surface area contributed by atoms with Gasteiger partial charge < -0.3 is 63.5 Å². The number of nitrogens with zero attached hydrogens (tertiary/aromatic N) is 15. The first kappa shape index (κ1) is 103. The molecule has 1 saturated carbocycles. The smallest absolute Gasteiger partial charge is 0.461 e. The molecule has 2 aliphatic heterocycles. The van der Waals surface area contributed by atoms with Gasteiger partial charge in [-0.3, -0.25) is 0 Å². The maximum Gasteiger partial charge on any atom is 0.500 e. The van der Waals surface area contributed by atoms with Crippen LogP contribution in [0.3, 0.4) is 0 Å². The Balaban J connectivity index is 0.000000336. The minimum atomic E-state index is -2.92. The third-order valence-corrected chi connectivity index (χ3v) is 26.6. The van der Waals surface area contributed by atoms with Gasteiger partial charge in [0.25, 0.3) is 0 Å². The number of rotatable bonds is 42. The van der Waals surface area contributed by atoms with Gasteiger partial charge in [-0.25, -0.2) is 141 Å². The molecule has 2 atom stereocenters. The molecule has 5 aromatic heterocycles. The van der Waals surface area contributed by atoms with Crippen LogP contribution in [0, 0.1) is 80.4 Å². The number of carbonyl (C=O) groups is 3. The van der Waals surface area contributed by atoms with Crippen molar-refractivity contribution in [2.75, 3.05) is 97.0 Å². The van der Waals surface area contributed by atoms with E-state index < -0.39 is 130 Å². The predicted molar refractivity (Wildman–Crippen MR) is 440 cm³/mol. The fourth-order valence-electron chi connectivity index (χ4n) is 11.1. The molecule has 50 heteroatoms. The van der Waals surface area contributed by atoms with E-state index in [0.717, 1.165) is 67.6 Å². The topological polar surface area (TPSA) is 517 Å². The van der Waals surface area contributed by atoms with Crippen molar-refractivity contribution < 1.29 is 77.9 Å². The maximum atomic E-state index is 13.4. The van der Waals surface area contributed by atoms with Gasteiger partial charge in [0.1, 0.15) is 19.8 Å². The van der Waals surface area contributed by atoms with Gasteiger partial charge in [-0.2, -0.15) is 13.7 Å². The number of hydrogen-bond acceptors (Lipinski definition) is 32. The van der Waals surface area contributed by atoms with Crippen molar-refractivity contribution in [2.24, 2.45) is 5.92 Å². The highest BCUT2D eigenvalue weighted by atomic mass is 28.4. The quantitative estimate of drug-likeness (QED) is 0.00874. The van der Waals surface area contributed by atoms with Gasteiger partial charge in [0, 0.05) is 145 Å². The fourth-order valence-corrected chi connectivity index (χ4v) is 16.2. The van der Waals surface area contributed by atoms with Crippen LogP contribution in [-0.2, 0) is 156 Å². The van der Waals surface area contributed by atoms with Crippen molar-refractivity contribution >= 4 is 44.3 Å². The third kappa shape index (κ3) is 27.1. The molecule has 2 unspecified atom stereocenters. The summed E-state index contributed by atoms with van der Waals surface area (Å²) in [5.74, 6) is 4.56. The van der Waals surface area contributed by atoms with E-state index in [1.807, 2.05) is 0 Å². The second-order valence-corrected chi connectivity index (χ2v) is 34.7. The summed E-state index contributed by atoms with van der Waals surface area (Å²) in [5, 5.41) is 0. The Hall–Kier alpha value is -12.7. The van der Waals surface area contributed by atoms with Crippen molar-refractivity contribution in [1.82, 2.24) is 68.5 Å². The summed E-state index contributed by atoms with van der Waals surface area (Å²) in [7, 11) is 4.66. The fraction of sp³-hybridized carbons (Fsp3) is 0.507. The van der Waals surface area contributed by atoms with Crippen molar-refractivity contribution in [1.29, 1.82) is 0 Å². The summed E-state index contributed by atoms with van der Waals surface area (Å²) >= 11 is 0. The van der Waals surface area contributed by atoms with E-state index in [2.05, 4.69) is 37.5 Å². The largest absolute Gasteiger partial charge is 0.500 e. The summed E-state index contributed by atoms with van der Waals surface area (Å²) in [5.41, 5.74) is -12.5. The van der Waals surface area contributed by atoms with Crippen LogP contribution < -0.4 is 85.3 Å². The normalized spacial score (nSPS) is 13.5. The summed E-state index contributed by atoms with van der Waals surface area (Å²) in [6.45, 7) is 8.90. The zero-order valence-electron chi connectivity index (χ0n) is 69.0. The number of terminal acetylenes is 6. The zero-order valence-corrected chi connectivity index (χ0v) is 72.0. The highest BCUT2D eigenvalue weighted by molar-refractivity contribution is 6.61. The van der Waals surface area contributed by atoms with Gasteiger partial charge in [-0.05, 0) is 38.0 Å². The molecule has 666 valence electrons. The van der Waals surface area contributed by atoms with E-state index >= 15 is 0 Å².